The summed E-state index contributed by atoms with van der Waals surface area (Å²) in [6.07, 6.45) is 1.82. The van der Waals surface area contributed by atoms with E-state index >= 15 is 0 Å². The second-order valence-corrected chi connectivity index (χ2v) is 5.12. The highest BCUT2D eigenvalue weighted by Crippen LogP contribution is 2.17. The molecule has 4 heteroatoms. The number of nitrogens with two attached hydrogens (primary N) is 1. The maximum atomic E-state index is 12.2. The molecule has 1 aromatic rings. The lowest BCUT2D eigenvalue weighted by molar-refractivity contribution is 0.0922. The summed E-state index contributed by atoms with van der Waals surface area (Å²) < 4.78 is 5.35. The predicted octanol–water partition coefficient (Wildman–Crippen LogP) is 1.34. The highest BCUT2D eigenvalue weighted by molar-refractivity contribution is 5.94. The molecule has 0 aromatic heterocycles. The first-order valence-electron chi connectivity index (χ1n) is 6.88. The van der Waals surface area contributed by atoms with E-state index in [1.54, 1.807) is 0 Å². The van der Waals surface area contributed by atoms with Gasteiger partial charge < -0.3 is 15.8 Å². The van der Waals surface area contributed by atoms with Gasteiger partial charge in [0.25, 0.3) is 5.91 Å². The first-order chi connectivity index (χ1) is 9.20. The van der Waals surface area contributed by atoms with Gasteiger partial charge in [-0.05, 0) is 44.0 Å². The van der Waals surface area contributed by atoms with Gasteiger partial charge in [-0.2, -0.15) is 0 Å². The van der Waals surface area contributed by atoms with E-state index in [4.69, 9.17) is 10.5 Å². The highest BCUT2D eigenvalue weighted by atomic mass is 16.5. The lowest BCUT2D eigenvalue weighted by Gasteiger charge is -2.19. The predicted molar refractivity (Wildman–Crippen MR) is 75.1 cm³/mol. The van der Waals surface area contributed by atoms with Crippen molar-refractivity contribution in [2.45, 2.75) is 25.8 Å². The van der Waals surface area contributed by atoms with Crippen LogP contribution in [0.3, 0.4) is 0 Å². The van der Waals surface area contributed by atoms with Crippen LogP contribution in [0.5, 0.6) is 0 Å². The van der Waals surface area contributed by atoms with Crippen molar-refractivity contribution in [2.24, 2.45) is 11.7 Å². The van der Waals surface area contributed by atoms with Crippen molar-refractivity contribution >= 4 is 5.91 Å². The van der Waals surface area contributed by atoms with Gasteiger partial charge in [-0.15, -0.1) is 0 Å². The normalized spacial score (nSPS) is 20.2. The van der Waals surface area contributed by atoms with Crippen LogP contribution in [0.1, 0.15) is 29.3 Å². The fourth-order valence-corrected chi connectivity index (χ4v) is 2.39. The number of rotatable bonds is 5. The molecule has 3 N–H and O–H groups in total. The third-order valence-electron chi connectivity index (χ3n) is 3.65. The molecule has 1 heterocycles. The Hall–Kier alpha value is -1.39. The Kier molecular flexibility index (Phi) is 4.93. The molecule has 2 atom stereocenters. The zero-order chi connectivity index (χ0) is 13.7. The fourth-order valence-electron chi connectivity index (χ4n) is 2.39. The van der Waals surface area contributed by atoms with Gasteiger partial charge in [0, 0.05) is 24.1 Å². The van der Waals surface area contributed by atoms with Gasteiger partial charge in [-0.1, -0.05) is 12.1 Å². The second kappa shape index (κ2) is 6.68. The summed E-state index contributed by atoms with van der Waals surface area (Å²) in [5.41, 5.74) is 7.34. The van der Waals surface area contributed by atoms with E-state index in [9.17, 15) is 4.79 Å². The molecule has 1 saturated heterocycles. The molecule has 1 aliphatic heterocycles. The average Bonchev–Trinajstić information content (AvgIpc) is 2.93. The van der Waals surface area contributed by atoms with Gasteiger partial charge in [0.1, 0.15) is 0 Å². The maximum absolute atomic E-state index is 12.2. The van der Waals surface area contributed by atoms with Gasteiger partial charge in [0.2, 0.25) is 0 Å². The summed E-state index contributed by atoms with van der Waals surface area (Å²) in [5.74, 6) is 0.412. The van der Waals surface area contributed by atoms with Crippen LogP contribution in [0.4, 0.5) is 0 Å². The monoisotopic (exact) mass is 262 g/mol. The minimum absolute atomic E-state index is 0.0155. The maximum Gasteiger partial charge on any atom is 0.251 e. The number of hydrogen-bond donors (Lipinski definition) is 2. The molecule has 0 radical (unpaired) electrons. The van der Waals surface area contributed by atoms with Crippen LogP contribution in [0.25, 0.3) is 0 Å². The molecule has 0 aliphatic carbocycles. The van der Waals surface area contributed by atoms with E-state index in [2.05, 4.69) is 5.32 Å². The molecule has 1 amide bonds. The number of hydrogen-bond acceptors (Lipinski definition) is 3. The van der Waals surface area contributed by atoms with Crippen molar-refractivity contribution in [3.63, 3.8) is 0 Å². The third-order valence-corrected chi connectivity index (χ3v) is 3.65. The van der Waals surface area contributed by atoms with Crippen molar-refractivity contribution in [3.8, 4) is 0 Å². The molecule has 0 bridgehead atoms. The second-order valence-electron chi connectivity index (χ2n) is 5.12. The zero-order valence-electron chi connectivity index (χ0n) is 11.4. The Balaban J connectivity index is 1.96. The van der Waals surface area contributed by atoms with Crippen LogP contribution in [0.2, 0.25) is 0 Å². The molecule has 2 rings (SSSR count). The lowest BCUT2D eigenvalue weighted by atomic mass is 10.00. The van der Waals surface area contributed by atoms with Crippen LogP contribution < -0.4 is 11.1 Å². The Morgan fingerprint density at radius 3 is 3.11 bits per heavy atom. The molecule has 1 aliphatic rings. The van der Waals surface area contributed by atoms with Crippen LogP contribution in [0.15, 0.2) is 24.3 Å². The summed E-state index contributed by atoms with van der Waals surface area (Å²) in [7, 11) is 0. The molecule has 1 aromatic carbocycles. The fraction of sp³-hybridized carbons (Fsp3) is 0.533. The third kappa shape index (κ3) is 3.78. The molecule has 2 unspecified atom stereocenters. The van der Waals surface area contributed by atoms with Crippen LogP contribution in [-0.2, 0) is 11.2 Å². The number of carbonyl (C=O) groups is 1. The van der Waals surface area contributed by atoms with Crippen LogP contribution >= 0.6 is 0 Å². The Morgan fingerprint density at radius 2 is 2.42 bits per heavy atom. The highest BCUT2D eigenvalue weighted by Gasteiger charge is 2.23. The first-order valence-corrected chi connectivity index (χ1v) is 6.88. The SMILES string of the molecule is CC(NC(=O)c1cccc(CCN)c1)C1CCOC1. The van der Waals surface area contributed by atoms with E-state index in [1.807, 2.05) is 31.2 Å². The molecule has 104 valence electrons. The minimum Gasteiger partial charge on any atom is -0.381 e. The van der Waals surface area contributed by atoms with E-state index in [-0.39, 0.29) is 11.9 Å². The van der Waals surface area contributed by atoms with E-state index < -0.39 is 0 Å². The standard InChI is InChI=1S/C15H22N2O2/c1-11(14-6-8-19-10-14)17-15(18)13-4-2-3-12(9-13)5-7-16/h2-4,9,11,14H,5-8,10,16H2,1H3,(H,17,18). The van der Waals surface area contributed by atoms with Crippen LogP contribution in [-0.4, -0.2) is 31.7 Å². The minimum atomic E-state index is -0.0155. The van der Waals surface area contributed by atoms with Gasteiger partial charge >= 0.3 is 0 Å². The number of carbonyl (C=O) groups excluding carboxylic acids is 1. The van der Waals surface area contributed by atoms with E-state index in [0.29, 0.717) is 18.0 Å². The van der Waals surface area contributed by atoms with Crippen molar-refractivity contribution < 1.29 is 9.53 Å². The van der Waals surface area contributed by atoms with E-state index in [1.165, 1.54) is 0 Å². The van der Waals surface area contributed by atoms with E-state index in [0.717, 1.165) is 31.6 Å². The first kappa shape index (κ1) is 14.0. The summed E-state index contributed by atoms with van der Waals surface area (Å²) in [6, 6.07) is 7.81. The smallest absolute Gasteiger partial charge is 0.251 e. The molecule has 19 heavy (non-hydrogen) atoms. The van der Waals surface area contributed by atoms with Crippen molar-refractivity contribution in [1.29, 1.82) is 0 Å². The Labute approximate surface area is 114 Å². The number of nitrogens with one attached hydrogen (secondary N) is 1. The Bertz CT molecular complexity index is 428. The summed E-state index contributed by atoms with van der Waals surface area (Å²) in [6.45, 7) is 4.19. The Morgan fingerprint density at radius 1 is 1.58 bits per heavy atom. The molecule has 0 saturated carbocycles. The molecule has 0 spiro atoms. The quantitative estimate of drug-likeness (QED) is 0.841. The van der Waals surface area contributed by atoms with Crippen molar-refractivity contribution in [3.05, 3.63) is 35.4 Å². The molecule has 1 fully saturated rings. The summed E-state index contributed by atoms with van der Waals surface area (Å²) in [4.78, 5) is 12.2. The molecule has 4 nitrogen and oxygen atoms in total. The summed E-state index contributed by atoms with van der Waals surface area (Å²) in [5, 5.41) is 3.06. The number of amides is 1. The largest absolute Gasteiger partial charge is 0.381 e. The van der Waals surface area contributed by atoms with Crippen molar-refractivity contribution in [1.82, 2.24) is 5.32 Å². The van der Waals surface area contributed by atoms with Gasteiger partial charge in [0.15, 0.2) is 0 Å². The number of ether oxygens (including phenoxy) is 1. The van der Waals surface area contributed by atoms with Crippen LogP contribution in [0, 0.1) is 5.92 Å². The number of benzene rings is 1. The average molecular weight is 262 g/mol. The zero-order valence-corrected chi connectivity index (χ0v) is 11.4. The molecular formula is C15H22N2O2. The molecular weight excluding hydrogens is 240 g/mol. The van der Waals surface area contributed by atoms with Gasteiger partial charge in [-0.3, -0.25) is 4.79 Å². The van der Waals surface area contributed by atoms with Crippen molar-refractivity contribution in [2.75, 3.05) is 19.8 Å². The summed E-state index contributed by atoms with van der Waals surface area (Å²) >= 11 is 0. The van der Waals surface area contributed by atoms with Gasteiger partial charge in [0.05, 0.1) is 6.61 Å². The topological polar surface area (TPSA) is 64.4 Å². The lowest BCUT2D eigenvalue weighted by Crippen LogP contribution is -2.38. The van der Waals surface area contributed by atoms with Gasteiger partial charge in [-0.25, -0.2) is 0 Å².